The summed E-state index contributed by atoms with van der Waals surface area (Å²) in [6.07, 6.45) is 12.1. The number of ether oxygens (including phenoxy) is 6. The summed E-state index contributed by atoms with van der Waals surface area (Å²) in [5, 5.41) is 27.7. The normalized spacial score (nSPS) is 40.0. The fraction of sp³-hybridized carbons (Fsp3) is 0.765. The number of hydrogen-bond donors (Lipinski definition) is 3. The molecule has 3 heterocycles. The van der Waals surface area contributed by atoms with E-state index in [4.69, 9.17) is 34.2 Å². The average Bonchev–Trinajstić information content (AvgIpc) is 3.32. The van der Waals surface area contributed by atoms with Crippen molar-refractivity contribution >= 4 is 23.4 Å². The summed E-state index contributed by atoms with van der Waals surface area (Å²) in [6.45, 7) is 11.0. The lowest BCUT2D eigenvalue weighted by atomic mass is 9.80. The molecule has 3 aliphatic heterocycles. The lowest BCUT2D eigenvalue weighted by molar-refractivity contribution is -0.265. The minimum absolute atomic E-state index is 0.0116. The lowest BCUT2D eigenvalue weighted by Crippen LogP contribution is -2.61. The van der Waals surface area contributed by atoms with Gasteiger partial charge in [-0.2, -0.15) is 0 Å². The van der Waals surface area contributed by atoms with Crippen molar-refractivity contribution < 1.29 is 57.8 Å². The lowest BCUT2D eigenvalue weighted by Gasteiger charge is -2.43. The number of amides is 1. The minimum Gasteiger partial charge on any atom is -0.459 e. The third-order valence-electron chi connectivity index (χ3n) is 14.9. The zero-order chi connectivity index (χ0) is 50.3. The number of ketones is 2. The number of piperidine rings is 1. The molecule has 2 bridgehead atoms. The number of methoxy groups -OCH3 is 4. The number of Topliss-reactive ketones (excluding diaryl/α,β-unsaturated/α-hetero) is 2. The van der Waals surface area contributed by atoms with Gasteiger partial charge in [-0.15, -0.1) is 0 Å². The van der Waals surface area contributed by atoms with Crippen LogP contribution in [-0.2, 0) is 47.6 Å². The first-order chi connectivity index (χ1) is 32.3. The highest BCUT2D eigenvalue weighted by Crippen LogP contribution is 2.37. The first-order valence-corrected chi connectivity index (χ1v) is 24.6. The Morgan fingerprint density at radius 2 is 1.60 bits per heavy atom. The van der Waals surface area contributed by atoms with Crippen LogP contribution in [0.25, 0.3) is 10.4 Å². The van der Waals surface area contributed by atoms with Gasteiger partial charge in [-0.3, -0.25) is 14.4 Å². The van der Waals surface area contributed by atoms with E-state index in [0.29, 0.717) is 56.9 Å². The summed E-state index contributed by atoms with van der Waals surface area (Å²) >= 11 is 0. The molecule has 17 nitrogen and oxygen atoms in total. The van der Waals surface area contributed by atoms with Crippen molar-refractivity contribution in [3.8, 4) is 0 Å². The van der Waals surface area contributed by atoms with Crippen molar-refractivity contribution in [3.63, 3.8) is 0 Å². The molecular weight excluding hydrogens is 875 g/mol. The number of aliphatic hydroxyl groups is 2. The zero-order valence-electron chi connectivity index (χ0n) is 42.2. The van der Waals surface area contributed by atoms with Crippen LogP contribution in [0.1, 0.15) is 119 Å². The van der Waals surface area contributed by atoms with Gasteiger partial charge in [-0.1, -0.05) is 69.3 Å². The van der Waals surface area contributed by atoms with Gasteiger partial charge in [0.2, 0.25) is 5.79 Å². The molecule has 0 aromatic carbocycles. The van der Waals surface area contributed by atoms with Crippen LogP contribution < -0.4 is 5.73 Å². The zero-order valence-corrected chi connectivity index (χ0v) is 42.2. The van der Waals surface area contributed by atoms with E-state index >= 15 is 0 Å². The fourth-order valence-electron chi connectivity index (χ4n) is 10.5. The van der Waals surface area contributed by atoms with Gasteiger partial charge in [0.25, 0.3) is 11.7 Å². The Kier molecular flexibility index (Phi) is 22.6. The van der Waals surface area contributed by atoms with Crippen LogP contribution in [0.15, 0.2) is 52.7 Å². The smallest absolute Gasteiger partial charge is 0.329 e. The molecular formula is C51H81N5O12. The Balaban J connectivity index is 1.75. The maximum atomic E-state index is 14.5. The number of rotatable bonds is 8. The number of cyclic esters (lactones) is 1. The molecule has 16 atom stereocenters. The van der Waals surface area contributed by atoms with Gasteiger partial charge >= 0.3 is 5.97 Å². The molecule has 1 saturated carbocycles. The molecule has 1 unspecified atom stereocenters. The third-order valence-corrected chi connectivity index (χ3v) is 14.9. The molecule has 0 radical (unpaired) electrons. The number of nitrogens with two attached hydrogens (primary N) is 1. The Labute approximate surface area is 403 Å². The number of aliphatic hydroxyl groups excluding tert-OH is 1. The average molecular weight is 956 g/mol. The predicted molar refractivity (Wildman–Crippen MR) is 257 cm³/mol. The van der Waals surface area contributed by atoms with Crippen LogP contribution in [-0.4, -0.2) is 140 Å². The first kappa shape index (κ1) is 56.8. The van der Waals surface area contributed by atoms with Gasteiger partial charge in [-0.05, 0) is 119 Å². The number of azide groups is 1. The van der Waals surface area contributed by atoms with Crippen LogP contribution in [0.3, 0.4) is 0 Å². The van der Waals surface area contributed by atoms with Crippen LogP contribution >= 0.6 is 0 Å². The molecule has 68 heavy (non-hydrogen) atoms. The number of hydrogen-bond acceptors (Lipinski definition) is 14. The SMILES string of the molecule is CO[C@H]1C[C@@H]2CC[C@@H](C)[C@@](O)(O2)C(=O)C(=O)N2CCCC[C@H]2C(=O)O[C@H]([C@H](N)C[C@@H]2CC[C@@H](OC)[C@H](OC)C2)CC(N=[N+]=[N-])[C@H](C)/C=C(\C)[C@@H](O)[C@@H](OC)C(=O)[C@H](C)C[C@H](C)/C=C/C=C/C=C/1C. The van der Waals surface area contributed by atoms with E-state index in [9.17, 15) is 34.9 Å². The van der Waals surface area contributed by atoms with E-state index in [1.165, 1.54) is 12.0 Å². The number of esters is 1. The highest BCUT2D eigenvalue weighted by Gasteiger charge is 2.53. The highest BCUT2D eigenvalue weighted by molar-refractivity contribution is 6.39. The molecule has 4 N–H and O–H groups in total. The van der Waals surface area contributed by atoms with E-state index in [-0.39, 0.29) is 49.2 Å². The summed E-state index contributed by atoms with van der Waals surface area (Å²) in [7, 11) is 6.25. The van der Waals surface area contributed by atoms with Crippen LogP contribution in [0.4, 0.5) is 0 Å². The quantitative estimate of drug-likeness (QED) is 0.0578. The van der Waals surface area contributed by atoms with Gasteiger partial charge in [0.05, 0.1) is 24.4 Å². The molecule has 1 aliphatic carbocycles. The monoisotopic (exact) mass is 956 g/mol. The molecule has 1 amide bonds. The molecule has 0 aromatic rings. The maximum absolute atomic E-state index is 14.5. The van der Waals surface area contributed by atoms with E-state index in [0.717, 1.165) is 18.4 Å². The van der Waals surface area contributed by atoms with Crippen LogP contribution in [0.2, 0.25) is 0 Å². The molecule has 4 aliphatic rings. The van der Waals surface area contributed by atoms with E-state index in [1.54, 1.807) is 48.2 Å². The van der Waals surface area contributed by atoms with Crippen molar-refractivity contribution in [2.75, 3.05) is 35.0 Å². The summed E-state index contributed by atoms with van der Waals surface area (Å²) in [5.41, 5.74) is 18.2. The second-order valence-electron chi connectivity index (χ2n) is 19.9. The van der Waals surface area contributed by atoms with Crippen LogP contribution in [0.5, 0.6) is 0 Å². The molecule has 382 valence electrons. The summed E-state index contributed by atoms with van der Waals surface area (Å²) in [5.74, 6) is -7.29. The molecule has 2 saturated heterocycles. The second kappa shape index (κ2) is 27.0. The second-order valence-corrected chi connectivity index (χ2v) is 19.9. The summed E-state index contributed by atoms with van der Waals surface area (Å²) in [6, 6.07) is -2.77. The molecule has 17 heteroatoms. The number of carbonyl (C=O) groups excluding carboxylic acids is 4. The van der Waals surface area contributed by atoms with Gasteiger partial charge in [0.15, 0.2) is 5.78 Å². The van der Waals surface area contributed by atoms with Gasteiger partial charge < -0.3 is 49.3 Å². The largest absolute Gasteiger partial charge is 0.459 e. The van der Waals surface area contributed by atoms with Gasteiger partial charge in [0, 0.05) is 70.2 Å². The summed E-state index contributed by atoms with van der Waals surface area (Å²) in [4.78, 5) is 61.2. The van der Waals surface area contributed by atoms with Crippen LogP contribution in [0, 0.1) is 29.6 Å². The van der Waals surface area contributed by atoms with Gasteiger partial charge in [-0.25, -0.2) is 4.79 Å². The van der Waals surface area contributed by atoms with Crippen molar-refractivity contribution in [2.24, 2.45) is 40.4 Å². The topological polar surface area (TPSA) is 242 Å². The minimum atomic E-state index is -2.44. The fourth-order valence-corrected chi connectivity index (χ4v) is 10.5. The van der Waals surface area contributed by atoms with Gasteiger partial charge in [0.1, 0.15) is 24.4 Å². The van der Waals surface area contributed by atoms with Crippen molar-refractivity contribution in [2.45, 2.75) is 185 Å². The Morgan fingerprint density at radius 3 is 2.26 bits per heavy atom. The molecule has 0 spiro atoms. The molecule has 4 rings (SSSR count). The number of carbonyl (C=O) groups is 4. The Hall–Kier alpha value is -3.77. The van der Waals surface area contributed by atoms with Crippen molar-refractivity contribution in [3.05, 3.63) is 58.0 Å². The maximum Gasteiger partial charge on any atom is 0.329 e. The van der Waals surface area contributed by atoms with E-state index in [1.807, 2.05) is 51.2 Å². The summed E-state index contributed by atoms with van der Waals surface area (Å²) < 4.78 is 35.4. The Morgan fingerprint density at radius 1 is 0.882 bits per heavy atom. The number of fused-ring (bicyclic) bond motifs is 3. The number of allylic oxidation sites excluding steroid dienone is 5. The molecule has 0 aromatic heterocycles. The van der Waals surface area contributed by atoms with Crippen molar-refractivity contribution in [1.82, 2.24) is 4.90 Å². The Bertz CT molecular complexity index is 1870. The first-order valence-electron chi connectivity index (χ1n) is 24.6. The van der Waals surface area contributed by atoms with Crippen molar-refractivity contribution in [1.29, 1.82) is 0 Å². The molecule has 3 fully saturated rings. The highest BCUT2D eigenvalue weighted by atomic mass is 16.6. The van der Waals surface area contributed by atoms with E-state index in [2.05, 4.69) is 10.0 Å². The third kappa shape index (κ3) is 14.9. The standard InChI is InChI=1S/C51H81N5O12/c1-30-16-12-11-13-17-31(2)42(64-8)28-37-21-19-35(6)51(62,68-37)48(59)49(60)56-23-15-14-18-40(56)50(61)67-43(38(52)26-36-20-22-41(63-7)44(27-36)65-9)29-39(54-55-53)32(3)25-34(5)46(58)47(66-10)45(57)33(4)24-30/h11-13,16-17,25,30,32-33,35-44,46-47,58,62H,14-15,18-24,26-29,52H2,1-10H3/b13-11+,16-12+,31-17+,34-25+/t30-,32-,33-,35-,36+,37+,38-,39?,40+,41-,42+,43+,44-,46-,47+,51-/m1/s1. The van der Waals surface area contributed by atoms with E-state index < -0.39 is 89.8 Å². The predicted octanol–water partition coefficient (Wildman–Crippen LogP) is 6.64. The number of nitrogens with zero attached hydrogens (tertiary/aromatic N) is 4.